The molecular formula is C20H36O. The molecule has 0 radical (unpaired) electrons. The quantitative estimate of drug-likeness (QED) is 0.367. The molecule has 0 saturated heterocycles. The van der Waals surface area contributed by atoms with E-state index in [0.717, 1.165) is 44.9 Å². The molecule has 21 heavy (non-hydrogen) atoms. The largest absolute Gasteiger partial charge is 0.390 e. The van der Waals surface area contributed by atoms with Gasteiger partial charge >= 0.3 is 0 Å². The van der Waals surface area contributed by atoms with Crippen LogP contribution in [0.15, 0.2) is 34.9 Å². The van der Waals surface area contributed by atoms with Crippen molar-refractivity contribution in [3.05, 3.63) is 34.9 Å². The molecule has 1 N–H and O–H groups in total. The topological polar surface area (TPSA) is 20.2 Å². The molecule has 0 spiro atoms. The Morgan fingerprint density at radius 1 is 0.810 bits per heavy atom. The second-order valence-corrected chi connectivity index (χ2v) is 7.08. The van der Waals surface area contributed by atoms with Gasteiger partial charge < -0.3 is 5.11 Å². The Balaban J connectivity index is 3.90. The van der Waals surface area contributed by atoms with Crippen molar-refractivity contribution in [1.29, 1.82) is 0 Å². The third-order valence-corrected chi connectivity index (χ3v) is 3.74. The van der Waals surface area contributed by atoms with E-state index in [1.54, 1.807) is 0 Å². The average molecular weight is 293 g/mol. The first kappa shape index (κ1) is 20.2. The molecule has 0 bridgehead atoms. The third kappa shape index (κ3) is 13.9. The predicted octanol–water partition coefficient (Wildman–Crippen LogP) is 6.35. The molecule has 0 aromatic carbocycles. The minimum atomic E-state index is -0.518. The number of allylic oxidation sites excluding steroid dienone is 6. The van der Waals surface area contributed by atoms with Gasteiger partial charge in [0.2, 0.25) is 0 Å². The summed E-state index contributed by atoms with van der Waals surface area (Å²) in [5.41, 5.74) is 3.68. The van der Waals surface area contributed by atoms with Crippen molar-refractivity contribution < 1.29 is 5.11 Å². The Morgan fingerprint density at radius 3 is 1.95 bits per heavy atom. The fourth-order valence-corrected chi connectivity index (χ4v) is 2.32. The second-order valence-electron chi connectivity index (χ2n) is 7.08. The summed E-state index contributed by atoms with van der Waals surface area (Å²) < 4.78 is 0. The van der Waals surface area contributed by atoms with Gasteiger partial charge in [-0.2, -0.15) is 0 Å². The standard InChI is InChI=1S/C20H36O/c1-17(2)11-9-14-19(5)13-7-8-15-20(6,21)16-10-12-18(3)4/h11-13,21H,7-10,14-16H2,1-6H3. The Labute approximate surface area is 132 Å². The van der Waals surface area contributed by atoms with Gasteiger partial charge in [0, 0.05) is 0 Å². The molecule has 0 amide bonds. The molecular weight excluding hydrogens is 256 g/mol. The number of aliphatic hydroxyl groups is 1. The van der Waals surface area contributed by atoms with Gasteiger partial charge in [0.25, 0.3) is 0 Å². The van der Waals surface area contributed by atoms with Gasteiger partial charge in [-0.25, -0.2) is 0 Å². The normalized spacial score (nSPS) is 14.5. The van der Waals surface area contributed by atoms with Gasteiger partial charge in [-0.3, -0.25) is 0 Å². The van der Waals surface area contributed by atoms with Crippen molar-refractivity contribution in [2.24, 2.45) is 0 Å². The summed E-state index contributed by atoms with van der Waals surface area (Å²) in [5.74, 6) is 0. The van der Waals surface area contributed by atoms with Crippen molar-refractivity contribution in [3.63, 3.8) is 0 Å². The smallest absolute Gasteiger partial charge is 0.0622 e. The molecule has 0 heterocycles. The Hall–Kier alpha value is -0.820. The average Bonchev–Trinajstić information content (AvgIpc) is 2.33. The fourth-order valence-electron chi connectivity index (χ4n) is 2.32. The van der Waals surface area contributed by atoms with E-state index in [-0.39, 0.29) is 0 Å². The van der Waals surface area contributed by atoms with Gasteiger partial charge in [0.1, 0.15) is 0 Å². The number of hydrogen-bond acceptors (Lipinski definition) is 1. The van der Waals surface area contributed by atoms with Crippen molar-refractivity contribution in [2.75, 3.05) is 0 Å². The number of rotatable bonds is 10. The molecule has 0 aromatic rings. The highest BCUT2D eigenvalue weighted by Crippen LogP contribution is 2.21. The maximum absolute atomic E-state index is 10.3. The van der Waals surface area contributed by atoms with Crippen LogP contribution in [0.25, 0.3) is 0 Å². The van der Waals surface area contributed by atoms with Crippen molar-refractivity contribution in [3.8, 4) is 0 Å². The first-order valence-corrected chi connectivity index (χ1v) is 8.38. The van der Waals surface area contributed by atoms with E-state index in [9.17, 15) is 5.11 Å². The van der Waals surface area contributed by atoms with Gasteiger partial charge in [-0.1, -0.05) is 34.9 Å². The van der Waals surface area contributed by atoms with E-state index in [1.807, 2.05) is 6.92 Å². The minimum absolute atomic E-state index is 0.518. The van der Waals surface area contributed by atoms with Crippen molar-refractivity contribution in [2.45, 2.75) is 92.1 Å². The summed E-state index contributed by atoms with van der Waals surface area (Å²) in [4.78, 5) is 0. The lowest BCUT2D eigenvalue weighted by molar-refractivity contribution is 0.0412. The SMILES string of the molecule is CC(C)=CCCC(C)=CCCCC(C)(O)CCC=C(C)C. The maximum Gasteiger partial charge on any atom is 0.0622 e. The van der Waals surface area contributed by atoms with E-state index in [4.69, 9.17) is 0 Å². The molecule has 0 fully saturated rings. The first-order valence-electron chi connectivity index (χ1n) is 8.38. The number of unbranched alkanes of at least 4 members (excludes halogenated alkanes) is 1. The molecule has 122 valence electrons. The molecule has 0 rings (SSSR count). The molecule has 0 aliphatic carbocycles. The molecule has 1 atom stereocenters. The summed E-state index contributed by atoms with van der Waals surface area (Å²) in [7, 11) is 0. The van der Waals surface area contributed by atoms with Crippen LogP contribution in [0.3, 0.4) is 0 Å². The summed E-state index contributed by atoms with van der Waals surface area (Å²) in [6.07, 6.45) is 14.0. The minimum Gasteiger partial charge on any atom is -0.390 e. The summed E-state index contributed by atoms with van der Waals surface area (Å²) in [6.45, 7) is 12.7. The summed E-state index contributed by atoms with van der Waals surface area (Å²) >= 11 is 0. The van der Waals surface area contributed by atoms with E-state index < -0.39 is 5.60 Å². The highest BCUT2D eigenvalue weighted by Gasteiger charge is 2.18. The third-order valence-electron chi connectivity index (χ3n) is 3.74. The van der Waals surface area contributed by atoms with Gasteiger partial charge in [0.15, 0.2) is 0 Å². The van der Waals surface area contributed by atoms with E-state index in [1.165, 1.54) is 16.7 Å². The van der Waals surface area contributed by atoms with Gasteiger partial charge in [-0.05, 0) is 86.5 Å². The van der Waals surface area contributed by atoms with Crippen LogP contribution < -0.4 is 0 Å². The van der Waals surface area contributed by atoms with Crippen LogP contribution in [0, 0.1) is 0 Å². The molecule has 1 heteroatoms. The Bertz CT molecular complexity index is 361. The number of hydrogen-bond donors (Lipinski definition) is 1. The maximum atomic E-state index is 10.3. The summed E-state index contributed by atoms with van der Waals surface area (Å²) in [5, 5.41) is 10.3. The van der Waals surface area contributed by atoms with Crippen LogP contribution in [0.4, 0.5) is 0 Å². The molecule has 0 aromatic heterocycles. The molecule has 1 nitrogen and oxygen atoms in total. The van der Waals surface area contributed by atoms with Gasteiger partial charge in [0.05, 0.1) is 5.60 Å². The Morgan fingerprint density at radius 2 is 1.38 bits per heavy atom. The van der Waals surface area contributed by atoms with Crippen molar-refractivity contribution >= 4 is 0 Å². The second kappa shape index (κ2) is 10.8. The lowest BCUT2D eigenvalue weighted by Crippen LogP contribution is -2.23. The van der Waals surface area contributed by atoms with E-state index in [2.05, 4.69) is 52.8 Å². The van der Waals surface area contributed by atoms with Crippen LogP contribution in [-0.2, 0) is 0 Å². The van der Waals surface area contributed by atoms with Gasteiger partial charge in [-0.15, -0.1) is 0 Å². The van der Waals surface area contributed by atoms with E-state index in [0.29, 0.717) is 0 Å². The van der Waals surface area contributed by atoms with Crippen LogP contribution in [0.2, 0.25) is 0 Å². The summed E-state index contributed by atoms with van der Waals surface area (Å²) in [6, 6.07) is 0. The monoisotopic (exact) mass is 292 g/mol. The zero-order valence-electron chi connectivity index (χ0n) is 15.1. The molecule has 0 aliphatic rings. The lowest BCUT2D eigenvalue weighted by Gasteiger charge is -2.22. The molecule has 0 aliphatic heterocycles. The van der Waals surface area contributed by atoms with Crippen LogP contribution in [-0.4, -0.2) is 10.7 Å². The van der Waals surface area contributed by atoms with Crippen LogP contribution in [0.5, 0.6) is 0 Å². The fraction of sp³-hybridized carbons (Fsp3) is 0.700. The zero-order valence-corrected chi connectivity index (χ0v) is 15.1. The first-order chi connectivity index (χ1) is 9.73. The predicted molar refractivity (Wildman–Crippen MR) is 95.6 cm³/mol. The highest BCUT2D eigenvalue weighted by atomic mass is 16.3. The Kier molecular flexibility index (Phi) is 10.4. The lowest BCUT2D eigenvalue weighted by atomic mass is 9.93. The van der Waals surface area contributed by atoms with Crippen LogP contribution >= 0.6 is 0 Å². The molecule has 1 unspecified atom stereocenters. The van der Waals surface area contributed by atoms with Crippen LogP contribution in [0.1, 0.15) is 86.5 Å². The van der Waals surface area contributed by atoms with E-state index >= 15 is 0 Å². The highest BCUT2D eigenvalue weighted by molar-refractivity contribution is 5.02. The molecule has 0 saturated carbocycles. The van der Waals surface area contributed by atoms with Crippen molar-refractivity contribution in [1.82, 2.24) is 0 Å². The zero-order chi connectivity index (χ0) is 16.3.